The molecule has 0 fully saturated rings. The van der Waals surface area contributed by atoms with E-state index in [9.17, 15) is 0 Å². The average Bonchev–Trinajstić information content (AvgIpc) is 3.78. The Labute approximate surface area is 308 Å². The number of hydrogen-bond acceptors (Lipinski definition) is 1. The molecule has 2 heterocycles. The van der Waals surface area contributed by atoms with Crippen LogP contribution in [-0.4, -0.2) is 9.13 Å². The third-order valence-corrected chi connectivity index (χ3v) is 11.9. The second-order valence-electron chi connectivity index (χ2n) is 15.0. The molecule has 8 aromatic carbocycles. The highest BCUT2D eigenvalue weighted by Gasteiger charge is 2.38. The summed E-state index contributed by atoms with van der Waals surface area (Å²) in [6.07, 6.45) is 0. The molecule has 0 saturated carbocycles. The minimum absolute atomic E-state index is 0.244. The highest BCUT2D eigenvalue weighted by atomic mass is 15.1. The zero-order valence-corrected chi connectivity index (χ0v) is 30.0. The summed E-state index contributed by atoms with van der Waals surface area (Å²) in [5.41, 5.74) is 14.8. The first-order valence-corrected chi connectivity index (χ1v) is 18.5. The smallest absolute Gasteiger partial charge is 0.0562 e. The van der Waals surface area contributed by atoms with Crippen LogP contribution in [0.3, 0.4) is 0 Å². The Kier molecular flexibility index (Phi) is 6.22. The van der Waals surface area contributed by atoms with E-state index in [4.69, 9.17) is 0 Å². The van der Waals surface area contributed by atoms with Crippen molar-refractivity contribution >= 4 is 71.4 Å². The molecular weight excluding hydrogens is 643 g/mol. The van der Waals surface area contributed by atoms with Crippen LogP contribution in [-0.2, 0) is 12.5 Å². The summed E-state index contributed by atoms with van der Waals surface area (Å²) in [6, 6.07) is 62.6. The Morgan fingerprint density at radius 1 is 0.453 bits per heavy atom. The number of para-hydroxylation sites is 4. The lowest BCUT2D eigenvalue weighted by Crippen LogP contribution is -2.17. The lowest BCUT2D eigenvalue weighted by molar-refractivity contribution is 0.660. The minimum Gasteiger partial charge on any atom is -0.344 e. The van der Waals surface area contributed by atoms with Gasteiger partial charge in [0.05, 0.1) is 27.9 Å². The number of rotatable bonds is 4. The van der Waals surface area contributed by atoms with Crippen molar-refractivity contribution in [2.45, 2.75) is 19.3 Å². The van der Waals surface area contributed by atoms with Gasteiger partial charge in [-0.3, -0.25) is 0 Å². The quantitative estimate of drug-likeness (QED) is 0.180. The third kappa shape index (κ3) is 4.11. The second kappa shape index (κ2) is 11.0. The Hall–Kier alpha value is -6.58. The molecule has 1 aliphatic rings. The van der Waals surface area contributed by atoms with Crippen molar-refractivity contribution in [3.05, 3.63) is 181 Å². The first kappa shape index (κ1) is 30.1. The maximum absolute atomic E-state index is 2.50. The monoisotopic (exact) mass is 679 g/mol. The maximum Gasteiger partial charge on any atom is 0.0562 e. The Morgan fingerprint density at radius 3 is 1.75 bits per heavy atom. The van der Waals surface area contributed by atoms with E-state index in [1.165, 1.54) is 93.7 Å². The molecule has 0 atom stereocenters. The van der Waals surface area contributed by atoms with Gasteiger partial charge < -0.3 is 14.0 Å². The van der Waals surface area contributed by atoms with Crippen LogP contribution in [0.15, 0.2) is 170 Å². The van der Waals surface area contributed by atoms with Crippen molar-refractivity contribution < 1.29 is 0 Å². The van der Waals surface area contributed by atoms with Crippen LogP contribution >= 0.6 is 0 Å². The minimum atomic E-state index is -0.244. The lowest BCUT2D eigenvalue weighted by Gasteiger charge is -2.30. The molecule has 0 bridgehead atoms. The molecule has 0 aliphatic heterocycles. The summed E-state index contributed by atoms with van der Waals surface area (Å²) in [7, 11) is 2.18. The maximum atomic E-state index is 2.50. The Bertz CT molecular complexity index is 3050. The van der Waals surface area contributed by atoms with Gasteiger partial charge in [0.25, 0.3) is 0 Å². The predicted octanol–water partition coefficient (Wildman–Crippen LogP) is 13.4. The first-order valence-electron chi connectivity index (χ1n) is 18.5. The molecule has 0 radical (unpaired) electrons. The van der Waals surface area contributed by atoms with E-state index in [1.807, 2.05) is 0 Å². The fraction of sp³-hybridized carbons (Fsp3) is 0.0800. The molecule has 0 unspecified atom stereocenters. The van der Waals surface area contributed by atoms with Crippen molar-refractivity contribution in [1.29, 1.82) is 0 Å². The highest BCUT2D eigenvalue weighted by molar-refractivity contribution is 6.18. The Morgan fingerprint density at radius 2 is 1.04 bits per heavy atom. The summed E-state index contributed by atoms with van der Waals surface area (Å²) in [4.78, 5) is 2.50. The van der Waals surface area contributed by atoms with E-state index in [1.54, 1.807) is 0 Å². The van der Waals surface area contributed by atoms with Gasteiger partial charge in [-0.15, -0.1) is 0 Å². The van der Waals surface area contributed by atoms with E-state index in [2.05, 4.69) is 205 Å². The van der Waals surface area contributed by atoms with E-state index in [-0.39, 0.29) is 5.41 Å². The normalized spacial score (nSPS) is 13.3. The zero-order chi connectivity index (χ0) is 35.4. The summed E-state index contributed by atoms with van der Waals surface area (Å²) in [5, 5.41) is 7.60. The van der Waals surface area contributed by atoms with Gasteiger partial charge >= 0.3 is 0 Å². The van der Waals surface area contributed by atoms with Gasteiger partial charge in [0.2, 0.25) is 0 Å². The molecule has 0 N–H and O–H groups in total. The molecule has 10 aromatic rings. The van der Waals surface area contributed by atoms with Gasteiger partial charge in [-0.05, 0) is 88.3 Å². The Balaban J connectivity index is 1.18. The van der Waals surface area contributed by atoms with E-state index >= 15 is 0 Å². The third-order valence-electron chi connectivity index (χ3n) is 11.9. The molecule has 2 aromatic heterocycles. The number of anilines is 3. The lowest BCUT2D eigenvalue weighted by atomic mass is 9.81. The fourth-order valence-corrected chi connectivity index (χ4v) is 9.44. The highest BCUT2D eigenvalue weighted by Crippen LogP contribution is 2.55. The molecule has 0 saturated heterocycles. The molecule has 53 heavy (non-hydrogen) atoms. The van der Waals surface area contributed by atoms with Crippen LogP contribution < -0.4 is 4.90 Å². The number of aryl methyl sites for hydroxylation is 1. The number of benzene rings is 8. The van der Waals surface area contributed by atoms with Crippen LogP contribution in [0.1, 0.15) is 25.0 Å². The summed E-state index contributed by atoms with van der Waals surface area (Å²) in [6.45, 7) is 4.81. The van der Waals surface area contributed by atoms with Gasteiger partial charge in [-0.25, -0.2) is 0 Å². The predicted molar refractivity (Wildman–Crippen MR) is 225 cm³/mol. The van der Waals surface area contributed by atoms with E-state index < -0.39 is 0 Å². The van der Waals surface area contributed by atoms with Crippen molar-refractivity contribution in [3.8, 4) is 16.8 Å². The van der Waals surface area contributed by atoms with Crippen LogP contribution in [0, 0.1) is 0 Å². The molecular formula is C50H37N3. The molecule has 0 spiro atoms. The SMILES string of the molecule is Cn1c2ccccc2c2c(N(c3ccccc3)c3cc4c(c5ccccc35)-c3ccc(-n5c6ccccc6c6ccccc65)cc3C4(C)C)cccc21. The number of aromatic nitrogens is 2. The van der Waals surface area contributed by atoms with Crippen molar-refractivity contribution in [1.82, 2.24) is 9.13 Å². The van der Waals surface area contributed by atoms with Crippen LogP contribution in [0.4, 0.5) is 17.1 Å². The van der Waals surface area contributed by atoms with Crippen molar-refractivity contribution in [3.63, 3.8) is 0 Å². The summed E-state index contributed by atoms with van der Waals surface area (Å²) in [5.74, 6) is 0. The topological polar surface area (TPSA) is 13.1 Å². The van der Waals surface area contributed by atoms with Crippen LogP contribution in [0.5, 0.6) is 0 Å². The van der Waals surface area contributed by atoms with Crippen molar-refractivity contribution in [2.75, 3.05) is 4.90 Å². The van der Waals surface area contributed by atoms with Gasteiger partial charge in [-0.2, -0.15) is 0 Å². The van der Waals surface area contributed by atoms with E-state index in [0.717, 1.165) is 5.69 Å². The molecule has 0 amide bonds. The van der Waals surface area contributed by atoms with Gasteiger partial charge in [0.15, 0.2) is 0 Å². The zero-order valence-electron chi connectivity index (χ0n) is 30.0. The number of nitrogens with zero attached hydrogens (tertiary/aromatic N) is 3. The van der Waals surface area contributed by atoms with Crippen molar-refractivity contribution in [2.24, 2.45) is 7.05 Å². The number of hydrogen-bond donors (Lipinski definition) is 0. The summed E-state index contributed by atoms with van der Waals surface area (Å²) < 4.78 is 4.77. The average molecular weight is 680 g/mol. The molecule has 1 aliphatic carbocycles. The number of fused-ring (bicyclic) bond motifs is 11. The second-order valence-corrected chi connectivity index (χ2v) is 15.0. The van der Waals surface area contributed by atoms with Gasteiger partial charge in [0.1, 0.15) is 0 Å². The van der Waals surface area contributed by atoms with Crippen LogP contribution in [0.25, 0.3) is 71.2 Å². The fourth-order valence-electron chi connectivity index (χ4n) is 9.44. The van der Waals surface area contributed by atoms with E-state index in [0.29, 0.717) is 0 Å². The molecule has 3 nitrogen and oxygen atoms in total. The van der Waals surface area contributed by atoms with Gasteiger partial charge in [0, 0.05) is 56.3 Å². The first-order chi connectivity index (χ1) is 26.0. The van der Waals surface area contributed by atoms with Gasteiger partial charge in [-0.1, -0.05) is 123 Å². The summed E-state index contributed by atoms with van der Waals surface area (Å²) >= 11 is 0. The molecule has 252 valence electrons. The standard InChI is InChI=1S/C50H37N3/c1-50(2)40-30-33(53-43-24-13-9-18-34(43)35-19-10-14-25-44(35)53)28-29-38(40)48-37-21-8-7-20-36(37)47(31-41(48)50)52(32-16-5-4-6-17-32)46-27-15-26-45-49(46)39-22-11-12-23-42(39)51(45)3/h4-31H,1-3H3. The molecule has 3 heteroatoms. The molecule has 11 rings (SSSR count). The largest absolute Gasteiger partial charge is 0.344 e. The van der Waals surface area contributed by atoms with Crippen LogP contribution in [0.2, 0.25) is 0 Å².